The highest BCUT2D eigenvalue weighted by atomic mass is 15.3. The van der Waals surface area contributed by atoms with Crippen LogP contribution in [0.15, 0.2) is 18.0 Å². The molecule has 0 fully saturated rings. The monoisotopic (exact) mass is 207 g/mol. The highest BCUT2D eigenvalue weighted by Gasteiger charge is 2.03. The van der Waals surface area contributed by atoms with Gasteiger partial charge in [0.05, 0.1) is 6.20 Å². The van der Waals surface area contributed by atoms with E-state index < -0.39 is 0 Å². The first-order valence-electron chi connectivity index (χ1n) is 5.49. The number of hydrogen-bond acceptors (Lipinski definition) is 2. The molecule has 3 nitrogen and oxygen atoms in total. The maximum absolute atomic E-state index is 5.69. The fourth-order valence-electron chi connectivity index (χ4n) is 1.39. The molecule has 3 heteroatoms. The van der Waals surface area contributed by atoms with Crippen LogP contribution < -0.4 is 5.73 Å². The zero-order valence-electron chi connectivity index (χ0n) is 10.1. The maximum Gasteiger partial charge on any atom is 0.0562 e. The summed E-state index contributed by atoms with van der Waals surface area (Å²) in [7, 11) is 0. The zero-order chi connectivity index (χ0) is 11.4. The van der Waals surface area contributed by atoms with E-state index in [9.17, 15) is 0 Å². The lowest BCUT2D eigenvalue weighted by atomic mass is 10.0. The van der Waals surface area contributed by atoms with Gasteiger partial charge in [-0.15, -0.1) is 0 Å². The Kier molecular flexibility index (Phi) is 4.09. The predicted molar refractivity (Wildman–Crippen MR) is 64.5 cm³/mol. The number of nitrogens with two attached hydrogens (primary N) is 1. The number of nitrogens with zero attached hydrogens (tertiary/aromatic N) is 2. The average molecular weight is 207 g/mol. The zero-order valence-corrected chi connectivity index (χ0v) is 10.1. The Hall–Kier alpha value is -1.09. The number of rotatable bonds is 4. The molecule has 0 saturated carbocycles. The predicted octanol–water partition coefficient (Wildman–Crippen LogP) is 2.46. The van der Waals surface area contributed by atoms with Crippen molar-refractivity contribution in [2.45, 2.75) is 33.7 Å². The van der Waals surface area contributed by atoms with Crippen molar-refractivity contribution in [2.24, 2.45) is 11.7 Å². The second kappa shape index (κ2) is 5.12. The first-order chi connectivity index (χ1) is 7.04. The summed E-state index contributed by atoms with van der Waals surface area (Å²) in [6.45, 7) is 9.17. The van der Waals surface area contributed by atoms with Crippen molar-refractivity contribution in [2.75, 3.05) is 6.54 Å². The molecule has 0 unspecified atom stereocenters. The Labute approximate surface area is 92.0 Å². The Bertz CT molecular complexity index is 334. The van der Waals surface area contributed by atoms with E-state index in [4.69, 9.17) is 5.73 Å². The Balaban J connectivity index is 2.87. The summed E-state index contributed by atoms with van der Waals surface area (Å²) >= 11 is 0. The van der Waals surface area contributed by atoms with Crippen molar-refractivity contribution in [1.82, 2.24) is 9.78 Å². The largest absolute Gasteiger partial charge is 0.327 e. The van der Waals surface area contributed by atoms with E-state index in [2.05, 4.69) is 45.1 Å². The van der Waals surface area contributed by atoms with Crippen LogP contribution in [0.1, 0.15) is 39.3 Å². The van der Waals surface area contributed by atoms with Crippen LogP contribution in [0.3, 0.4) is 0 Å². The lowest BCUT2D eigenvalue weighted by Crippen LogP contribution is -2.08. The lowest BCUT2D eigenvalue weighted by Gasteiger charge is -2.07. The van der Waals surface area contributed by atoms with Gasteiger partial charge in [-0.2, -0.15) is 5.10 Å². The van der Waals surface area contributed by atoms with Crippen LogP contribution in [0.4, 0.5) is 0 Å². The Morgan fingerprint density at radius 2 is 2.13 bits per heavy atom. The van der Waals surface area contributed by atoms with Gasteiger partial charge in [0, 0.05) is 24.3 Å². The first-order valence-corrected chi connectivity index (χ1v) is 5.49. The topological polar surface area (TPSA) is 43.8 Å². The molecule has 0 radical (unpaired) electrons. The van der Waals surface area contributed by atoms with Crippen LogP contribution in [0.5, 0.6) is 0 Å². The first kappa shape index (κ1) is 12.0. The molecule has 15 heavy (non-hydrogen) atoms. The molecular formula is C12H21N3. The van der Waals surface area contributed by atoms with Gasteiger partial charge < -0.3 is 5.73 Å². The number of hydrogen-bond donors (Lipinski definition) is 1. The SMILES string of the molecule is CC(C)C(=Cc1cnn(C(C)C)c1)CN. The molecule has 0 aliphatic heterocycles. The molecule has 1 aromatic heterocycles. The molecule has 2 N–H and O–H groups in total. The van der Waals surface area contributed by atoms with E-state index in [-0.39, 0.29) is 0 Å². The number of aromatic nitrogens is 2. The molecule has 0 spiro atoms. The molecule has 0 atom stereocenters. The fraction of sp³-hybridized carbons (Fsp3) is 0.583. The van der Waals surface area contributed by atoms with Crippen molar-refractivity contribution in [3.05, 3.63) is 23.5 Å². The molecule has 0 aliphatic carbocycles. The van der Waals surface area contributed by atoms with Crippen LogP contribution in [-0.4, -0.2) is 16.3 Å². The van der Waals surface area contributed by atoms with Gasteiger partial charge in [-0.25, -0.2) is 0 Å². The van der Waals surface area contributed by atoms with E-state index in [0.29, 0.717) is 18.5 Å². The van der Waals surface area contributed by atoms with E-state index in [0.717, 1.165) is 5.56 Å². The smallest absolute Gasteiger partial charge is 0.0562 e. The summed E-state index contributed by atoms with van der Waals surface area (Å²) in [5, 5.41) is 4.29. The minimum Gasteiger partial charge on any atom is -0.327 e. The van der Waals surface area contributed by atoms with Crippen LogP contribution in [0.25, 0.3) is 6.08 Å². The summed E-state index contributed by atoms with van der Waals surface area (Å²) in [6, 6.07) is 0.410. The highest BCUT2D eigenvalue weighted by molar-refractivity contribution is 5.51. The van der Waals surface area contributed by atoms with Crippen LogP contribution in [-0.2, 0) is 0 Å². The molecule has 84 valence electrons. The minimum absolute atomic E-state index is 0.410. The molecule has 1 aromatic rings. The molecule has 0 saturated heterocycles. The summed E-state index contributed by atoms with van der Waals surface area (Å²) in [5.74, 6) is 0.498. The fourth-order valence-corrected chi connectivity index (χ4v) is 1.39. The third-order valence-electron chi connectivity index (χ3n) is 2.48. The van der Waals surface area contributed by atoms with Gasteiger partial charge in [-0.3, -0.25) is 4.68 Å². The standard InChI is InChI=1S/C12H21N3/c1-9(2)12(6-13)5-11-7-14-15(8-11)10(3)4/h5,7-10H,6,13H2,1-4H3. The quantitative estimate of drug-likeness (QED) is 0.824. The Morgan fingerprint density at radius 3 is 2.53 bits per heavy atom. The van der Waals surface area contributed by atoms with Gasteiger partial charge in [-0.1, -0.05) is 25.5 Å². The van der Waals surface area contributed by atoms with Gasteiger partial charge in [-0.05, 0) is 19.8 Å². The summed E-state index contributed by atoms with van der Waals surface area (Å²) in [4.78, 5) is 0. The highest BCUT2D eigenvalue weighted by Crippen LogP contribution is 2.14. The van der Waals surface area contributed by atoms with Gasteiger partial charge in [0.25, 0.3) is 0 Å². The Morgan fingerprint density at radius 1 is 1.47 bits per heavy atom. The van der Waals surface area contributed by atoms with Crippen molar-refractivity contribution in [1.29, 1.82) is 0 Å². The van der Waals surface area contributed by atoms with E-state index in [1.54, 1.807) is 0 Å². The van der Waals surface area contributed by atoms with Crippen molar-refractivity contribution in [3.63, 3.8) is 0 Å². The van der Waals surface area contributed by atoms with Gasteiger partial charge in [0.1, 0.15) is 0 Å². The second-order valence-electron chi connectivity index (χ2n) is 4.43. The minimum atomic E-state index is 0.410. The van der Waals surface area contributed by atoms with Crippen LogP contribution in [0, 0.1) is 5.92 Å². The van der Waals surface area contributed by atoms with E-state index in [1.807, 2.05) is 10.9 Å². The molecule has 1 heterocycles. The summed E-state index contributed by atoms with van der Waals surface area (Å²) < 4.78 is 1.96. The van der Waals surface area contributed by atoms with Crippen molar-refractivity contribution in [3.8, 4) is 0 Å². The van der Waals surface area contributed by atoms with Crippen LogP contribution in [0.2, 0.25) is 0 Å². The van der Waals surface area contributed by atoms with Gasteiger partial charge >= 0.3 is 0 Å². The lowest BCUT2D eigenvalue weighted by molar-refractivity contribution is 0.532. The van der Waals surface area contributed by atoms with Gasteiger partial charge in [0.2, 0.25) is 0 Å². The van der Waals surface area contributed by atoms with Crippen LogP contribution >= 0.6 is 0 Å². The average Bonchev–Trinajstić information content (AvgIpc) is 2.61. The third-order valence-corrected chi connectivity index (χ3v) is 2.48. The van der Waals surface area contributed by atoms with Crippen molar-refractivity contribution < 1.29 is 0 Å². The molecule has 0 aliphatic rings. The molecule has 0 aromatic carbocycles. The molecule has 0 amide bonds. The molecular weight excluding hydrogens is 186 g/mol. The normalized spacial score (nSPS) is 12.9. The van der Waals surface area contributed by atoms with E-state index >= 15 is 0 Å². The molecule has 0 bridgehead atoms. The molecule has 1 rings (SSSR count). The third kappa shape index (κ3) is 3.20. The summed E-state index contributed by atoms with van der Waals surface area (Å²) in [5.41, 5.74) is 8.09. The van der Waals surface area contributed by atoms with Crippen molar-refractivity contribution >= 4 is 6.08 Å². The summed E-state index contributed by atoms with van der Waals surface area (Å²) in [6.07, 6.45) is 6.08. The van der Waals surface area contributed by atoms with Gasteiger partial charge in [0.15, 0.2) is 0 Å². The van der Waals surface area contributed by atoms with E-state index in [1.165, 1.54) is 5.57 Å². The maximum atomic E-state index is 5.69. The second-order valence-corrected chi connectivity index (χ2v) is 4.43.